The van der Waals surface area contributed by atoms with E-state index in [0.29, 0.717) is 17.2 Å². The minimum atomic E-state index is -0.501. The van der Waals surface area contributed by atoms with E-state index in [0.717, 1.165) is 0 Å². The van der Waals surface area contributed by atoms with Crippen molar-refractivity contribution in [3.8, 4) is 23.0 Å². The highest BCUT2D eigenvalue weighted by atomic mass is 16.5. The number of amides is 1. The van der Waals surface area contributed by atoms with Gasteiger partial charge < -0.3 is 24.6 Å². The topological polar surface area (TPSA) is 77.0 Å². The summed E-state index contributed by atoms with van der Waals surface area (Å²) in [6, 6.07) is 9.61. The number of aromatic hydroxyl groups is 1. The Kier molecular flexibility index (Phi) is 4.73. The zero-order chi connectivity index (χ0) is 16.1. The van der Waals surface area contributed by atoms with Crippen LogP contribution in [-0.2, 0) is 0 Å². The second-order valence-corrected chi connectivity index (χ2v) is 4.37. The second-order valence-electron chi connectivity index (χ2n) is 4.37. The van der Waals surface area contributed by atoms with Crippen LogP contribution in [0.25, 0.3) is 0 Å². The van der Waals surface area contributed by atoms with E-state index in [9.17, 15) is 9.90 Å². The smallest absolute Gasteiger partial charge is 0.263 e. The normalized spacial score (nSPS) is 9.95. The van der Waals surface area contributed by atoms with Crippen LogP contribution < -0.4 is 19.5 Å². The van der Waals surface area contributed by atoms with E-state index < -0.39 is 5.91 Å². The number of phenolic OH excluding ortho intramolecular Hbond substituents is 1. The maximum atomic E-state index is 12.4. The number of benzene rings is 2. The van der Waals surface area contributed by atoms with Crippen molar-refractivity contribution in [2.24, 2.45) is 0 Å². The Hall–Kier alpha value is -2.89. The maximum Gasteiger partial charge on any atom is 0.263 e. The van der Waals surface area contributed by atoms with Gasteiger partial charge in [-0.05, 0) is 24.3 Å². The van der Waals surface area contributed by atoms with Crippen LogP contribution in [0.3, 0.4) is 0 Å². The van der Waals surface area contributed by atoms with Crippen molar-refractivity contribution in [1.29, 1.82) is 0 Å². The van der Waals surface area contributed by atoms with E-state index >= 15 is 0 Å². The van der Waals surface area contributed by atoms with E-state index in [1.54, 1.807) is 37.4 Å². The molecule has 0 heterocycles. The van der Waals surface area contributed by atoms with Gasteiger partial charge in [-0.2, -0.15) is 0 Å². The van der Waals surface area contributed by atoms with E-state index in [-0.39, 0.29) is 17.1 Å². The second kappa shape index (κ2) is 6.71. The molecule has 0 aromatic heterocycles. The molecular formula is C16H17NO5. The Morgan fingerprint density at radius 2 is 1.73 bits per heavy atom. The van der Waals surface area contributed by atoms with Gasteiger partial charge in [0.2, 0.25) is 0 Å². The van der Waals surface area contributed by atoms with Crippen molar-refractivity contribution in [3.05, 3.63) is 42.0 Å². The van der Waals surface area contributed by atoms with Crippen molar-refractivity contribution in [3.63, 3.8) is 0 Å². The molecular weight excluding hydrogens is 286 g/mol. The van der Waals surface area contributed by atoms with Gasteiger partial charge in [-0.15, -0.1) is 0 Å². The number of ether oxygens (including phenoxy) is 3. The molecule has 2 rings (SSSR count). The molecule has 0 fully saturated rings. The summed E-state index contributed by atoms with van der Waals surface area (Å²) in [7, 11) is 4.46. The number of hydrogen-bond donors (Lipinski definition) is 2. The molecule has 0 atom stereocenters. The number of anilines is 1. The molecule has 0 unspecified atom stereocenters. The summed E-state index contributed by atoms with van der Waals surface area (Å²) >= 11 is 0. The van der Waals surface area contributed by atoms with Gasteiger partial charge in [-0.1, -0.05) is 6.07 Å². The lowest BCUT2D eigenvalue weighted by molar-refractivity contribution is 0.102. The van der Waals surface area contributed by atoms with E-state index in [2.05, 4.69) is 5.32 Å². The Bertz CT molecular complexity index is 684. The monoisotopic (exact) mass is 303 g/mol. The molecule has 0 aliphatic carbocycles. The molecule has 6 nitrogen and oxygen atoms in total. The average Bonchev–Trinajstić information content (AvgIpc) is 2.54. The number of carbonyl (C=O) groups excluding carboxylic acids is 1. The summed E-state index contributed by atoms with van der Waals surface area (Å²) in [4.78, 5) is 12.4. The lowest BCUT2D eigenvalue weighted by Gasteiger charge is -2.13. The highest BCUT2D eigenvalue weighted by Gasteiger charge is 2.18. The van der Waals surface area contributed by atoms with Gasteiger partial charge in [0.1, 0.15) is 28.6 Å². The lowest BCUT2D eigenvalue weighted by atomic mass is 10.1. The first-order valence-electron chi connectivity index (χ1n) is 6.50. The molecule has 2 aromatic rings. The molecule has 6 heteroatoms. The zero-order valence-electron chi connectivity index (χ0n) is 12.5. The Labute approximate surface area is 128 Å². The fourth-order valence-electron chi connectivity index (χ4n) is 2.00. The summed E-state index contributed by atoms with van der Waals surface area (Å²) < 4.78 is 15.4. The third kappa shape index (κ3) is 3.06. The van der Waals surface area contributed by atoms with Crippen molar-refractivity contribution < 1.29 is 24.1 Å². The van der Waals surface area contributed by atoms with Gasteiger partial charge >= 0.3 is 0 Å². The minimum Gasteiger partial charge on any atom is -0.507 e. The van der Waals surface area contributed by atoms with Crippen molar-refractivity contribution in [2.45, 2.75) is 0 Å². The molecule has 2 N–H and O–H groups in total. The molecule has 0 aliphatic rings. The molecule has 116 valence electrons. The molecule has 2 aromatic carbocycles. The molecule has 1 amide bonds. The summed E-state index contributed by atoms with van der Waals surface area (Å²) in [5, 5.41) is 12.6. The van der Waals surface area contributed by atoms with Crippen LogP contribution in [0, 0.1) is 0 Å². The molecule has 0 saturated heterocycles. The number of methoxy groups -OCH3 is 3. The number of hydrogen-bond acceptors (Lipinski definition) is 5. The Morgan fingerprint density at radius 1 is 1.00 bits per heavy atom. The van der Waals surface area contributed by atoms with Crippen LogP contribution in [0.4, 0.5) is 5.69 Å². The molecule has 22 heavy (non-hydrogen) atoms. The summed E-state index contributed by atoms with van der Waals surface area (Å²) in [6.45, 7) is 0. The Morgan fingerprint density at radius 3 is 2.36 bits per heavy atom. The van der Waals surface area contributed by atoms with Crippen LogP contribution in [0.15, 0.2) is 36.4 Å². The standard InChI is InChI=1S/C16H17NO5/c1-20-10-7-8-11(14(9-10)22-3)17-16(19)15-12(18)5-4-6-13(15)21-2/h4-9,18H,1-3H3,(H,17,19). The van der Waals surface area contributed by atoms with Gasteiger partial charge in [-0.25, -0.2) is 0 Å². The molecule has 0 radical (unpaired) electrons. The number of phenols is 1. The predicted molar refractivity (Wildman–Crippen MR) is 82.2 cm³/mol. The van der Waals surface area contributed by atoms with Crippen LogP contribution in [0.5, 0.6) is 23.0 Å². The van der Waals surface area contributed by atoms with Gasteiger partial charge in [0.25, 0.3) is 5.91 Å². The van der Waals surface area contributed by atoms with Crippen molar-refractivity contribution in [1.82, 2.24) is 0 Å². The summed E-state index contributed by atoms with van der Waals surface area (Å²) in [6.07, 6.45) is 0. The molecule has 0 spiro atoms. The Balaban J connectivity index is 2.34. The minimum absolute atomic E-state index is 0.0582. The summed E-state index contributed by atoms with van der Waals surface area (Å²) in [5.41, 5.74) is 0.515. The first-order chi connectivity index (χ1) is 10.6. The molecule has 0 bridgehead atoms. The van der Waals surface area contributed by atoms with Crippen LogP contribution in [0.1, 0.15) is 10.4 Å². The SMILES string of the molecule is COc1ccc(NC(=O)c2c(O)cccc2OC)c(OC)c1. The highest BCUT2D eigenvalue weighted by Crippen LogP contribution is 2.32. The average molecular weight is 303 g/mol. The van der Waals surface area contributed by atoms with E-state index in [1.165, 1.54) is 20.3 Å². The van der Waals surface area contributed by atoms with Crippen LogP contribution in [-0.4, -0.2) is 32.3 Å². The predicted octanol–water partition coefficient (Wildman–Crippen LogP) is 2.67. The van der Waals surface area contributed by atoms with E-state index in [4.69, 9.17) is 14.2 Å². The van der Waals surface area contributed by atoms with Gasteiger partial charge in [0, 0.05) is 6.07 Å². The third-order valence-electron chi connectivity index (χ3n) is 3.11. The fourth-order valence-corrected chi connectivity index (χ4v) is 2.00. The zero-order valence-corrected chi connectivity index (χ0v) is 12.5. The van der Waals surface area contributed by atoms with Crippen molar-refractivity contribution in [2.75, 3.05) is 26.6 Å². The van der Waals surface area contributed by atoms with Gasteiger partial charge in [0.05, 0.1) is 27.0 Å². The van der Waals surface area contributed by atoms with Crippen LogP contribution in [0.2, 0.25) is 0 Å². The third-order valence-corrected chi connectivity index (χ3v) is 3.11. The first kappa shape index (κ1) is 15.5. The summed E-state index contributed by atoms with van der Waals surface area (Å²) in [5.74, 6) is 0.671. The quantitative estimate of drug-likeness (QED) is 0.888. The fraction of sp³-hybridized carbons (Fsp3) is 0.188. The van der Waals surface area contributed by atoms with E-state index in [1.807, 2.05) is 0 Å². The maximum absolute atomic E-state index is 12.4. The first-order valence-corrected chi connectivity index (χ1v) is 6.50. The molecule has 0 saturated carbocycles. The molecule has 0 aliphatic heterocycles. The largest absolute Gasteiger partial charge is 0.507 e. The van der Waals surface area contributed by atoms with Crippen LogP contribution >= 0.6 is 0 Å². The van der Waals surface area contributed by atoms with Gasteiger partial charge in [-0.3, -0.25) is 4.79 Å². The number of rotatable bonds is 5. The highest BCUT2D eigenvalue weighted by molar-refractivity contribution is 6.08. The number of carbonyl (C=O) groups is 1. The van der Waals surface area contributed by atoms with Crippen molar-refractivity contribution >= 4 is 11.6 Å². The number of nitrogens with one attached hydrogen (secondary N) is 1. The lowest BCUT2D eigenvalue weighted by Crippen LogP contribution is -2.14. The van der Waals surface area contributed by atoms with Gasteiger partial charge in [0.15, 0.2) is 0 Å².